The lowest BCUT2D eigenvalue weighted by Crippen LogP contribution is -2.30. The van der Waals surface area contributed by atoms with Crippen molar-refractivity contribution in [3.05, 3.63) is 180 Å². The number of rotatable bonds is 4. The van der Waals surface area contributed by atoms with Crippen LogP contribution in [0.2, 0.25) is 0 Å². The summed E-state index contributed by atoms with van der Waals surface area (Å²) in [5.74, 6) is 0. The lowest BCUT2D eigenvalue weighted by atomic mass is 9.73. The molecule has 0 N–H and O–H groups in total. The maximum atomic E-state index is 9.84. The van der Waals surface area contributed by atoms with Crippen LogP contribution in [0.1, 0.15) is 30.5 Å². The van der Waals surface area contributed by atoms with E-state index in [9.17, 15) is 5.26 Å². The van der Waals surface area contributed by atoms with E-state index in [0.717, 1.165) is 66.8 Å². The van der Waals surface area contributed by atoms with E-state index in [2.05, 4.69) is 154 Å². The second kappa shape index (κ2) is 11.6. The van der Waals surface area contributed by atoms with Crippen LogP contribution in [-0.2, 0) is 5.41 Å². The number of pyridine rings is 1. The van der Waals surface area contributed by atoms with Gasteiger partial charge in [0.1, 0.15) is 0 Å². The van der Waals surface area contributed by atoms with Crippen molar-refractivity contribution in [1.29, 1.82) is 5.26 Å². The van der Waals surface area contributed by atoms with E-state index in [1.165, 1.54) is 11.1 Å². The molecule has 0 unspecified atom stereocenters. The lowest BCUT2D eigenvalue weighted by Gasteiger charge is -2.42. The van der Waals surface area contributed by atoms with E-state index in [0.29, 0.717) is 11.3 Å². The molecule has 8 aromatic rings. The van der Waals surface area contributed by atoms with E-state index in [1.807, 2.05) is 30.6 Å². The van der Waals surface area contributed by atoms with E-state index in [-0.39, 0.29) is 5.41 Å². The molecule has 0 bridgehead atoms. The lowest BCUT2D eigenvalue weighted by molar-refractivity contribution is 0.632. The van der Waals surface area contributed by atoms with E-state index < -0.39 is 0 Å². The van der Waals surface area contributed by atoms with Gasteiger partial charge in [0.25, 0.3) is 0 Å². The maximum Gasteiger partial charge on any atom is 0.189 e. The van der Waals surface area contributed by atoms with Crippen molar-refractivity contribution in [2.75, 3.05) is 4.90 Å². The SMILES string of the molecule is [C-]#[N+]c1cc(C#N)cc(-c2ccccc2-c2cc(N3c4ccccc4C(C)(C)c4ccccc43)cc(-n3c4ccccc4c4cnccc43)c2)c1. The number of para-hydroxylation sites is 3. The molecule has 5 heteroatoms. The Morgan fingerprint density at radius 3 is 1.96 bits per heavy atom. The van der Waals surface area contributed by atoms with Gasteiger partial charge in [-0.05, 0) is 94.0 Å². The van der Waals surface area contributed by atoms with Crippen LogP contribution in [0.15, 0.2) is 152 Å². The molecule has 3 heterocycles. The topological polar surface area (TPSA) is 49.2 Å². The zero-order valence-corrected chi connectivity index (χ0v) is 28.2. The van der Waals surface area contributed by atoms with Gasteiger partial charge in [-0.15, -0.1) is 0 Å². The first-order valence-electron chi connectivity index (χ1n) is 17.0. The fourth-order valence-electron chi connectivity index (χ4n) is 7.93. The quantitative estimate of drug-likeness (QED) is 0.178. The third-order valence-corrected chi connectivity index (χ3v) is 10.3. The van der Waals surface area contributed by atoms with Crippen LogP contribution in [0.5, 0.6) is 0 Å². The molecule has 5 nitrogen and oxygen atoms in total. The van der Waals surface area contributed by atoms with Gasteiger partial charge in [-0.25, -0.2) is 4.85 Å². The highest BCUT2D eigenvalue weighted by molar-refractivity contribution is 6.09. The van der Waals surface area contributed by atoms with Crippen LogP contribution in [0.25, 0.3) is 54.6 Å². The Labute approximate surface area is 296 Å². The normalized spacial score (nSPS) is 13.0. The Hall–Kier alpha value is -6.95. The summed E-state index contributed by atoms with van der Waals surface area (Å²) in [5, 5.41) is 12.1. The number of hydrogen-bond donors (Lipinski definition) is 0. The Kier molecular flexibility index (Phi) is 6.85. The summed E-state index contributed by atoms with van der Waals surface area (Å²) in [7, 11) is 0. The Morgan fingerprint density at radius 1 is 0.647 bits per heavy atom. The zero-order chi connectivity index (χ0) is 34.7. The van der Waals surface area contributed by atoms with Crippen molar-refractivity contribution in [3.8, 4) is 34.0 Å². The molecule has 6 aromatic carbocycles. The molecule has 2 aromatic heterocycles. The Balaban J connectivity index is 1.37. The molecule has 1 aliphatic heterocycles. The molecule has 51 heavy (non-hydrogen) atoms. The molecular weight excluding hydrogens is 623 g/mol. The number of aromatic nitrogens is 2. The zero-order valence-electron chi connectivity index (χ0n) is 28.2. The van der Waals surface area contributed by atoms with Gasteiger partial charge in [0, 0.05) is 45.5 Å². The van der Waals surface area contributed by atoms with Crippen molar-refractivity contribution in [2.24, 2.45) is 0 Å². The summed E-state index contributed by atoms with van der Waals surface area (Å²) in [5.41, 5.74) is 13.6. The molecule has 240 valence electrons. The standard InChI is InChI=1S/C46H31N5/c1-46(2)40-15-7-10-18-44(40)51(45-19-11-8-16-41(45)46)35-26-32(37-13-5-4-12-36(37)31-22-30(28-47)23-33(24-31)48-3)25-34(27-35)50-42-17-9-6-14-38(42)39-29-49-21-20-43(39)50/h4-27,29H,1-2H3. The highest BCUT2D eigenvalue weighted by Gasteiger charge is 2.36. The van der Waals surface area contributed by atoms with Crippen molar-refractivity contribution in [3.63, 3.8) is 0 Å². The summed E-state index contributed by atoms with van der Waals surface area (Å²) in [6.07, 6.45) is 3.80. The first-order valence-corrected chi connectivity index (χ1v) is 17.0. The van der Waals surface area contributed by atoms with Crippen LogP contribution >= 0.6 is 0 Å². The average Bonchev–Trinajstić information content (AvgIpc) is 3.52. The molecule has 0 spiro atoms. The van der Waals surface area contributed by atoms with Gasteiger partial charge < -0.3 is 9.47 Å². The fourth-order valence-corrected chi connectivity index (χ4v) is 7.93. The first kappa shape index (κ1) is 30.1. The third-order valence-electron chi connectivity index (χ3n) is 10.3. The van der Waals surface area contributed by atoms with E-state index in [1.54, 1.807) is 6.07 Å². The largest absolute Gasteiger partial charge is 0.310 e. The second-order valence-electron chi connectivity index (χ2n) is 13.5. The second-order valence-corrected chi connectivity index (χ2v) is 13.5. The summed E-state index contributed by atoms with van der Waals surface area (Å²) < 4.78 is 2.33. The van der Waals surface area contributed by atoms with Crippen molar-refractivity contribution in [2.45, 2.75) is 19.3 Å². The molecule has 0 radical (unpaired) electrons. The Bertz CT molecular complexity index is 2640. The minimum absolute atomic E-state index is 0.192. The smallest absolute Gasteiger partial charge is 0.189 e. The molecular formula is C46H31N5. The van der Waals surface area contributed by atoms with Crippen LogP contribution in [-0.4, -0.2) is 9.55 Å². The van der Waals surface area contributed by atoms with Gasteiger partial charge in [0.2, 0.25) is 0 Å². The van der Waals surface area contributed by atoms with Crippen LogP contribution < -0.4 is 4.90 Å². The van der Waals surface area contributed by atoms with Gasteiger partial charge >= 0.3 is 0 Å². The predicted octanol–water partition coefficient (Wildman–Crippen LogP) is 12.0. The number of fused-ring (bicyclic) bond motifs is 5. The summed E-state index contributed by atoms with van der Waals surface area (Å²) in [6.45, 7) is 12.3. The van der Waals surface area contributed by atoms with Crippen molar-refractivity contribution in [1.82, 2.24) is 9.55 Å². The molecule has 0 aliphatic carbocycles. The first-order chi connectivity index (χ1) is 25.0. The molecule has 0 saturated carbocycles. The van der Waals surface area contributed by atoms with Gasteiger partial charge in [0.05, 0.1) is 35.0 Å². The number of nitrogens with zero attached hydrogens (tertiary/aromatic N) is 5. The summed E-state index contributed by atoms with van der Waals surface area (Å²) in [4.78, 5) is 10.6. The monoisotopic (exact) mass is 653 g/mol. The number of nitriles is 1. The van der Waals surface area contributed by atoms with Crippen molar-refractivity contribution < 1.29 is 0 Å². The summed E-state index contributed by atoms with van der Waals surface area (Å²) in [6, 6.07) is 50.7. The predicted molar refractivity (Wildman–Crippen MR) is 207 cm³/mol. The van der Waals surface area contributed by atoms with E-state index in [4.69, 9.17) is 6.57 Å². The van der Waals surface area contributed by atoms with Gasteiger partial charge in [-0.3, -0.25) is 4.98 Å². The molecule has 0 fully saturated rings. The van der Waals surface area contributed by atoms with Gasteiger partial charge in [0.15, 0.2) is 5.69 Å². The molecule has 9 rings (SSSR count). The number of benzene rings is 6. The molecule has 0 atom stereocenters. The van der Waals surface area contributed by atoms with Crippen LogP contribution in [0, 0.1) is 17.9 Å². The highest BCUT2D eigenvalue weighted by Crippen LogP contribution is 2.52. The van der Waals surface area contributed by atoms with Gasteiger partial charge in [-0.2, -0.15) is 5.26 Å². The number of anilines is 3. The Morgan fingerprint density at radius 2 is 1.25 bits per heavy atom. The maximum absolute atomic E-state index is 9.84. The third kappa shape index (κ3) is 4.71. The minimum Gasteiger partial charge on any atom is -0.310 e. The van der Waals surface area contributed by atoms with Crippen molar-refractivity contribution >= 4 is 44.6 Å². The minimum atomic E-state index is -0.192. The van der Waals surface area contributed by atoms with E-state index >= 15 is 0 Å². The molecule has 1 aliphatic rings. The van der Waals surface area contributed by atoms with Crippen LogP contribution in [0.3, 0.4) is 0 Å². The van der Waals surface area contributed by atoms with Crippen LogP contribution in [0.4, 0.5) is 22.7 Å². The highest BCUT2D eigenvalue weighted by atomic mass is 15.2. The average molecular weight is 654 g/mol. The van der Waals surface area contributed by atoms with Gasteiger partial charge in [-0.1, -0.05) is 92.7 Å². The fraction of sp³-hybridized carbons (Fsp3) is 0.0652. The summed E-state index contributed by atoms with van der Waals surface area (Å²) >= 11 is 0. The number of hydrogen-bond acceptors (Lipinski definition) is 3. The molecule has 0 amide bonds. The molecule has 0 saturated heterocycles.